The average Bonchev–Trinajstić information content (AvgIpc) is 2.57. The van der Waals surface area contributed by atoms with Crippen molar-refractivity contribution in [2.75, 3.05) is 0 Å². The van der Waals surface area contributed by atoms with Gasteiger partial charge in [-0.15, -0.1) is 0 Å². The van der Waals surface area contributed by atoms with E-state index in [0.717, 1.165) is 12.2 Å². The molecule has 17 heavy (non-hydrogen) atoms. The minimum atomic E-state index is -0.0158. The summed E-state index contributed by atoms with van der Waals surface area (Å²) in [6, 6.07) is 0. The molecule has 0 spiro atoms. The first-order chi connectivity index (χ1) is 8.11. The molecule has 0 amide bonds. The van der Waals surface area contributed by atoms with Crippen LogP contribution in [0.25, 0.3) is 0 Å². The van der Waals surface area contributed by atoms with E-state index in [9.17, 15) is 4.79 Å². The van der Waals surface area contributed by atoms with Crippen LogP contribution < -0.4 is 5.69 Å². The molecule has 1 aromatic heterocycles. The Labute approximate surface area is 101 Å². The van der Waals surface area contributed by atoms with Crippen molar-refractivity contribution in [2.24, 2.45) is 5.92 Å². The monoisotopic (exact) mass is 233 g/mol. The first kappa shape index (κ1) is 11.9. The molecule has 0 aromatic carbocycles. The van der Waals surface area contributed by atoms with Crippen LogP contribution in [0.4, 0.5) is 0 Å². The van der Waals surface area contributed by atoms with Gasteiger partial charge in [-0.25, -0.2) is 9.48 Å². The first-order valence-corrected chi connectivity index (χ1v) is 6.13. The van der Waals surface area contributed by atoms with Gasteiger partial charge in [-0.3, -0.25) is 4.57 Å². The molecule has 1 atom stereocenters. The van der Waals surface area contributed by atoms with Crippen LogP contribution >= 0.6 is 0 Å². The summed E-state index contributed by atoms with van der Waals surface area (Å²) < 4.78 is 3.24. The minimum absolute atomic E-state index is 0.0158. The first-order valence-electron chi connectivity index (χ1n) is 6.13. The third-order valence-electron chi connectivity index (χ3n) is 3.15. The van der Waals surface area contributed by atoms with Crippen molar-refractivity contribution in [3.63, 3.8) is 0 Å². The second-order valence-corrected chi connectivity index (χ2v) is 4.58. The van der Waals surface area contributed by atoms with E-state index in [1.807, 2.05) is 13.8 Å². The van der Waals surface area contributed by atoms with Gasteiger partial charge in [0.2, 0.25) is 0 Å². The van der Waals surface area contributed by atoms with Crippen molar-refractivity contribution < 1.29 is 0 Å². The normalized spacial score (nSPS) is 19.5. The predicted molar refractivity (Wildman–Crippen MR) is 67.9 cm³/mol. The van der Waals surface area contributed by atoms with Gasteiger partial charge in [0.15, 0.2) is 0 Å². The average molecular weight is 233 g/mol. The molecule has 0 saturated carbocycles. The number of allylic oxidation sites excluding steroid dienone is 4. The van der Waals surface area contributed by atoms with Gasteiger partial charge in [-0.05, 0) is 31.8 Å². The fourth-order valence-electron chi connectivity index (χ4n) is 2.08. The Balaban J connectivity index is 2.20. The smallest absolute Gasteiger partial charge is 0.279 e. The highest BCUT2D eigenvalue weighted by Crippen LogP contribution is 2.16. The Kier molecular flexibility index (Phi) is 3.31. The van der Waals surface area contributed by atoms with Crippen molar-refractivity contribution in [3.05, 3.63) is 40.1 Å². The lowest BCUT2D eigenvalue weighted by molar-refractivity contribution is 0.621. The maximum absolute atomic E-state index is 12.0. The van der Waals surface area contributed by atoms with E-state index in [0.29, 0.717) is 19.0 Å². The molecule has 1 unspecified atom stereocenters. The summed E-state index contributed by atoms with van der Waals surface area (Å²) in [6.45, 7) is 7.27. The molecular formula is C13H19N3O. The number of hydrogen-bond donors (Lipinski definition) is 0. The lowest BCUT2D eigenvalue weighted by Crippen LogP contribution is -2.25. The van der Waals surface area contributed by atoms with Gasteiger partial charge in [0, 0.05) is 6.54 Å². The van der Waals surface area contributed by atoms with Crippen molar-refractivity contribution in [1.29, 1.82) is 0 Å². The summed E-state index contributed by atoms with van der Waals surface area (Å²) in [5.41, 5.74) is 1.16. The van der Waals surface area contributed by atoms with Gasteiger partial charge in [0.05, 0.1) is 6.54 Å². The van der Waals surface area contributed by atoms with Crippen LogP contribution in [0.5, 0.6) is 0 Å². The highest BCUT2D eigenvalue weighted by atomic mass is 16.2. The topological polar surface area (TPSA) is 39.8 Å². The molecule has 1 aliphatic rings. The Hall–Kier alpha value is -1.58. The number of hydrogen-bond acceptors (Lipinski definition) is 2. The Morgan fingerprint density at radius 2 is 2.29 bits per heavy atom. The molecule has 0 N–H and O–H groups in total. The van der Waals surface area contributed by atoms with Crippen LogP contribution in [0.3, 0.4) is 0 Å². The van der Waals surface area contributed by atoms with E-state index in [1.54, 1.807) is 9.25 Å². The molecule has 1 aromatic rings. The Morgan fingerprint density at radius 3 is 2.82 bits per heavy atom. The summed E-state index contributed by atoms with van der Waals surface area (Å²) in [4.78, 5) is 12.0. The fourth-order valence-corrected chi connectivity index (χ4v) is 2.08. The van der Waals surface area contributed by atoms with Gasteiger partial charge in [0.25, 0.3) is 0 Å². The molecule has 92 valence electrons. The molecular weight excluding hydrogens is 214 g/mol. The van der Waals surface area contributed by atoms with E-state index in [2.05, 4.69) is 30.3 Å². The quantitative estimate of drug-likeness (QED) is 0.800. The van der Waals surface area contributed by atoms with E-state index in [-0.39, 0.29) is 5.69 Å². The van der Waals surface area contributed by atoms with Gasteiger partial charge in [0.1, 0.15) is 5.82 Å². The minimum Gasteiger partial charge on any atom is -0.279 e. The standard InChI is InChI=1S/C13H19N3O/c1-4-15-11(3)14-16(13(15)17)9-12-7-5-10(2)6-8-12/h5,7-8,10H,4,6,9H2,1-3H3. The van der Waals surface area contributed by atoms with Gasteiger partial charge in [-0.2, -0.15) is 5.10 Å². The number of aryl methyl sites for hydroxylation is 1. The molecule has 4 heteroatoms. The van der Waals surface area contributed by atoms with Crippen molar-refractivity contribution in [1.82, 2.24) is 14.3 Å². The largest absolute Gasteiger partial charge is 0.346 e. The van der Waals surface area contributed by atoms with Crippen LogP contribution in [0, 0.1) is 12.8 Å². The molecule has 0 radical (unpaired) electrons. The zero-order chi connectivity index (χ0) is 12.4. The number of rotatable bonds is 3. The van der Waals surface area contributed by atoms with Crippen molar-refractivity contribution in [3.8, 4) is 0 Å². The third-order valence-corrected chi connectivity index (χ3v) is 3.15. The van der Waals surface area contributed by atoms with Crippen LogP contribution in [-0.2, 0) is 13.1 Å². The Morgan fingerprint density at radius 1 is 1.53 bits per heavy atom. The molecule has 2 rings (SSSR count). The predicted octanol–water partition coefficient (Wildman–Crippen LogP) is 1.90. The molecule has 0 saturated heterocycles. The summed E-state index contributed by atoms with van der Waals surface area (Å²) in [5.74, 6) is 1.39. The maximum atomic E-state index is 12.0. The molecule has 4 nitrogen and oxygen atoms in total. The molecule has 0 aliphatic heterocycles. The second-order valence-electron chi connectivity index (χ2n) is 4.58. The zero-order valence-electron chi connectivity index (χ0n) is 10.7. The fraction of sp³-hybridized carbons (Fsp3) is 0.538. The van der Waals surface area contributed by atoms with Crippen LogP contribution in [0.2, 0.25) is 0 Å². The van der Waals surface area contributed by atoms with Gasteiger partial charge in [-0.1, -0.05) is 25.2 Å². The van der Waals surface area contributed by atoms with Gasteiger partial charge >= 0.3 is 5.69 Å². The van der Waals surface area contributed by atoms with E-state index >= 15 is 0 Å². The summed E-state index contributed by atoms with van der Waals surface area (Å²) in [6.07, 6.45) is 7.52. The lowest BCUT2D eigenvalue weighted by Gasteiger charge is -2.10. The van der Waals surface area contributed by atoms with Crippen molar-refractivity contribution >= 4 is 0 Å². The molecule has 1 aliphatic carbocycles. The molecule has 1 heterocycles. The van der Waals surface area contributed by atoms with E-state index in [4.69, 9.17) is 0 Å². The SMILES string of the molecule is CCn1c(C)nn(CC2=CCC(C)C=C2)c1=O. The van der Waals surface area contributed by atoms with E-state index in [1.165, 1.54) is 5.57 Å². The van der Waals surface area contributed by atoms with Crippen LogP contribution in [0.1, 0.15) is 26.1 Å². The number of aromatic nitrogens is 3. The Bertz CT molecular complexity index is 519. The van der Waals surface area contributed by atoms with Crippen molar-refractivity contribution in [2.45, 2.75) is 40.3 Å². The highest BCUT2D eigenvalue weighted by Gasteiger charge is 2.10. The summed E-state index contributed by atoms with van der Waals surface area (Å²) >= 11 is 0. The van der Waals surface area contributed by atoms with Crippen LogP contribution in [-0.4, -0.2) is 14.3 Å². The zero-order valence-corrected chi connectivity index (χ0v) is 10.7. The third kappa shape index (κ3) is 2.40. The maximum Gasteiger partial charge on any atom is 0.346 e. The second kappa shape index (κ2) is 4.73. The van der Waals surface area contributed by atoms with Gasteiger partial charge < -0.3 is 0 Å². The highest BCUT2D eigenvalue weighted by molar-refractivity contribution is 5.23. The molecule has 0 fully saturated rings. The lowest BCUT2D eigenvalue weighted by atomic mass is 9.99. The van der Waals surface area contributed by atoms with E-state index < -0.39 is 0 Å². The van der Waals surface area contributed by atoms with Crippen LogP contribution in [0.15, 0.2) is 28.6 Å². The number of nitrogens with zero attached hydrogens (tertiary/aromatic N) is 3. The summed E-state index contributed by atoms with van der Waals surface area (Å²) in [7, 11) is 0. The molecule has 0 bridgehead atoms. The summed E-state index contributed by atoms with van der Waals surface area (Å²) in [5, 5.41) is 4.29.